The van der Waals surface area contributed by atoms with Gasteiger partial charge in [-0.05, 0) is 68.1 Å². The first-order valence-corrected chi connectivity index (χ1v) is 11.5. The summed E-state index contributed by atoms with van der Waals surface area (Å²) >= 11 is 0. The highest BCUT2D eigenvalue weighted by atomic mass is 16.5. The standard InChI is InChI=1S/C26H35N3O3/c1-6-32-22-12-10-21(11-13-22)25(30)27-24(18(2)3)26(31)29-16-14-28(15-17-29)23-9-7-8-19(4)20(23)5/h7-13,18,24H,6,14-17H2,1-5H3,(H,27,30). The average Bonchev–Trinajstić information content (AvgIpc) is 2.79. The summed E-state index contributed by atoms with van der Waals surface area (Å²) in [5, 5.41) is 2.96. The maximum absolute atomic E-state index is 13.3. The van der Waals surface area contributed by atoms with Crippen LogP contribution in [0.3, 0.4) is 0 Å². The Kier molecular flexibility index (Phi) is 7.78. The fourth-order valence-corrected chi connectivity index (χ4v) is 4.05. The molecule has 1 saturated heterocycles. The lowest BCUT2D eigenvalue weighted by Crippen LogP contribution is -2.56. The number of aryl methyl sites for hydroxylation is 1. The van der Waals surface area contributed by atoms with Crippen LogP contribution in [0.5, 0.6) is 5.75 Å². The molecule has 32 heavy (non-hydrogen) atoms. The largest absolute Gasteiger partial charge is 0.494 e. The number of nitrogens with zero attached hydrogens (tertiary/aromatic N) is 2. The normalized spacial score (nSPS) is 14.9. The first-order valence-electron chi connectivity index (χ1n) is 11.5. The third kappa shape index (κ3) is 5.42. The van der Waals surface area contributed by atoms with Crippen LogP contribution in [0.15, 0.2) is 42.5 Å². The summed E-state index contributed by atoms with van der Waals surface area (Å²) in [4.78, 5) is 30.3. The monoisotopic (exact) mass is 437 g/mol. The fourth-order valence-electron chi connectivity index (χ4n) is 4.05. The van der Waals surface area contributed by atoms with Gasteiger partial charge in [0.1, 0.15) is 11.8 Å². The Hall–Kier alpha value is -3.02. The minimum absolute atomic E-state index is 0.00815. The zero-order valence-corrected chi connectivity index (χ0v) is 19.9. The molecule has 6 nitrogen and oxygen atoms in total. The van der Waals surface area contributed by atoms with Crippen molar-refractivity contribution >= 4 is 17.5 Å². The average molecular weight is 438 g/mol. The number of carbonyl (C=O) groups is 2. The number of benzene rings is 2. The summed E-state index contributed by atoms with van der Waals surface area (Å²) in [5.41, 5.74) is 4.32. The molecule has 0 spiro atoms. The number of amides is 2. The molecule has 0 aromatic heterocycles. The van der Waals surface area contributed by atoms with Crippen molar-refractivity contribution in [3.63, 3.8) is 0 Å². The van der Waals surface area contributed by atoms with Crippen molar-refractivity contribution in [1.82, 2.24) is 10.2 Å². The van der Waals surface area contributed by atoms with Crippen LogP contribution < -0.4 is 15.0 Å². The van der Waals surface area contributed by atoms with E-state index in [2.05, 4.69) is 42.3 Å². The van der Waals surface area contributed by atoms with Gasteiger partial charge in [-0.3, -0.25) is 9.59 Å². The summed E-state index contributed by atoms with van der Waals surface area (Å²) in [6.45, 7) is 13.6. The van der Waals surface area contributed by atoms with E-state index < -0.39 is 6.04 Å². The number of carbonyl (C=O) groups excluding carboxylic acids is 2. The molecule has 1 atom stereocenters. The van der Waals surface area contributed by atoms with Crippen LogP contribution in [-0.2, 0) is 4.79 Å². The molecule has 0 radical (unpaired) electrons. The van der Waals surface area contributed by atoms with E-state index in [9.17, 15) is 9.59 Å². The van der Waals surface area contributed by atoms with Gasteiger partial charge in [0.2, 0.25) is 5.91 Å². The van der Waals surface area contributed by atoms with Crippen molar-refractivity contribution in [2.45, 2.75) is 40.7 Å². The molecule has 1 heterocycles. The van der Waals surface area contributed by atoms with Gasteiger partial charge >= 0.3 is 0 Å². The smallest absolute Gasteiger partial charge is 0.251 e. The van der Waals surface area contributed by atoms with Gasteiger partial charge in [-0.2, -0.15) is 0 Å². The van der Waals surface area contributed by atoms with Gasteiger partial charge in [0.25, 0.3) is 5.91 Å². The van der Waals surface area contributed by atoms with E-state index in [1.807, 2.05) is 25.7 Å². The Bertz CT molecular complexity index is 932. The summed E-state index contributed by atoms with van der Waals surface area (Å²) in [6, 6.07) is 12.8. The van der Waals surface area contributed by atoms with Crippen molar-refractivity contribution in [2.75, 3.05) is 37.7 Å². The minimum Gasteiger partial charge on any atom is -0.494 e. The van der Waals surface area contributed by atoms with Crippen LogP contribution in [0.25, 0.3) is 0 Å². The first kappa shape index (κ1) is 23.6. The lowest BCUT2D eigenvalue weighted by Gasteiger charge is -2.39. The molecule has 2 aromatic rings. The Balaban J connectivity index is 1.63. The van der Waals surface area contributed by atoms with Gasteiger partial charge in [0.15, 0.2) is 0 Å². The quantitative estimate of drug-likeness (QED) is 0.716. The van der Waals surface area contributed by atoms with Gasteiger partial charge in [0, 0.05) is 37.4 Å². The maximum atomic E-state index is 13.3. The van der Waals surface area contributed by atoms with Crippen LogP contribution in [-0.4, -0.2) is 55.5 Å². The third-order valence-electron chi connectivity index (χ3n) is 6.15. The predicted molar refractivity (Wildman–Crippen MR) is 128 cm³/mol. The molecule has 172 valence electrons. The van der Waals surface area contributed by atoms with Crippen molar-refractivity contribution in [1.29, 1.82) is 0 Å². The van der Waals surface area contributed by atoms with Crippen LogP contribution in [0.1, 0.15) is 42.3 Å². The van der Waals surface area contributed by atoms with Crippen molar-refractivity contribution in [2.24, 2.45) is 5.92 Å². The molecule has 1 N–H and O–H groups in total. The van der Waals surface area contributed by atoms with Crippen molar-refractivity contribution in [3.05, 3.63) is 59.2 Å². The number of anilines is 1. The van der Waals surface area contributed by atoms with E-state index in [-0.39, 0.29) is 17.7 Å². The zero-order chi connectivity index (χ0) is 23.3. The number of ether oxygens (including phenoxy) is 1. The van der Waals surface area contributed by atoms with Crippen molar-refractivity contribution < 1.29 is 14.3 Å². The van der Waals surface area contributed by atoms with Gasteiger partial charge in [-0.25, -0.2) is 0 Å². The predicted octanol–water partition coefficient (Wildman–Crippen LogP) is 3.81. The van der Waals surface area contributed by atoms with Crippen LogP contribution in [0.4, 0.5) is 5.69 Å². The summed E-state index contributed by atoms with van der Waals surface area (Å²) < 4.78 is 5.44. The summed E-state index contributed by atoms with van der Waals surface area (Å²) in [5.74, 6) is 0.461. The van der Waals surface area contributed by atoms with Crippen molar-refractivity contribution in [3.8, 4) is 5.75 Å². The number of rotatable bonds is 7. The van der Waals surface area contributed by atoms with E-state index in [0.29, 0.717) is 25.3 Å². The van der Waals surface area contributed by atoms with Gasteiger partial charge in [0.05, 0.1) is 6.61 Å². The Morgan fingerprint density at radius 1 is 1.00 bits per heavy atom. The number of hydrogen-bond acceptors (Lipinski definition) is 4. The minimum atomic E-state index is -0.554. The maximum Gasteiger partial charge on any atom is 0.251 e. The first-order chi connectivity index (χ1) is 15.3. The lowest BCUT2D eigenvalue weighted by atomic mass is 10.0. The number of nitrogens with one attached hydrogen (secondary N) is 1. The van der Waals surface area contributed by atoms with E-state index in [4.69, 9.17) is 4.74 Å². The molecule has 0 saturated carbocycles. The molecule has 2 amide bonds. The van der Waals surface area contributed by atoms with Crippen LogP contribution in [0, 0.1) is 19.8 Å². The van der Waals surface area contributed by atoms with Crippen LogP contribution >= 0.6 is 0 Å². The highest BCUT2D eigenvalue weighted by Gasteiger charge is 2.31. The Morgan fingerprint density at radius 3 is 2.25 bits per heavy atom. The molecular weight excluding hydrogens is 402 g/mol. The molecular formula is C26H35N3O3. The third-order valence-corrected chi connectivity index (χ3v) is 6.15. The highest BCUT2D eigenvalue weighted by Crippen LogP contribution is 2.24. The number of piperazine rings is 1. The van der Waals surface area contributed by atoms with Gasteiger partial charge in [-0.1, -0.05) is 26.0 Å². The summed E-state index contributed by atoms with van der Waals surface area (Å²) in [7, 11) is 0. The van der Waals surface area contributed by atoms with E-state index in [0.717, 1.165) is 18.8 Å². The zero-order valence-electron chi connectivity index (χ0n) is 19.9. The van der Waals surface area contributed by atoms with Gasteiger partial charge < -0.3 is 19.9 Å². The lowest BCUT2D eigenvalue weighted by molar-refractivity contribution is -0.134. The molecule has 1 fully saturated rings. The second-order valence-corrected chi connectivity index (χ2v) is 8.68. The van der Waals surface area contributed by atoms with E-state index >= 15 is 0 Å². The Labute approximate surface area is 191 Å². The number of hydrogen-bond donors (Lipinski definition) is 1. The Morgan fingerprint density at radius 2 is 1.66 bits per heavy atom. The SMILES string of the molecule is CCOc1ccc(C(=O)NC(C(=O)N2CCN(c3cccc(C)c3C)CC2)C(C)C)cc1. The summed E-state index contributed by atoms with van der Waals surface area (Å²) in [6.07, 6.45) is 0. The molecule has 6 heteroatoms. The highest BCUT2D eigenvalue weighted by molar-refractivity contribution is 5.97. The molecule has 0 aliphatic carbocycles. The topological polar surface area (TPSA) is 61.9 Å². The molecule has 1 unspecified atom stereocenters. The van der Waals surface area contributed by atoms with Gasteiger partial charge in [-0.15, -0.1) is 0 Å². The molecule has 1 aliphatic heterocycles. The van der Waals surface area contributed by atoms with Crippen LogP contribution in [0.2, 0.25) is 0 Å². The van der Waals surface area contributed by atoms with E-state index in [1.165, 1.54) is 16.8 Å². The second-order valence-electron chi connectivity index (χ2n) is 8.68. The molecule has 2 aromatic carbocycles. The van der Waals surface area contributed by atoms with E-state index in [1.54, 1.807) is 24.3 Å². The second kappa shape index (κ2) is 10.5. The molecule has 1 aliphatic rings. The molecule has 3 rings (SSSR count). The fraction of sp³-hybridized carbons (Fsp3) is 0.462. The molecule has 0 bridgehead atoms.